The number of hydrogen-bond acceptors (Lipinski definition) is 4. The van der Waals surface area contributed by atoms with Crippen LogP contribution in [0.1, 0.15) is 42.2 Å². The Labute approximate surface area is 146 Å². The fourth-order valence-electron chi connectivity index (χ4n) is 2.76. The Bertz CT molecular complexity index is 819. The first-order valence-electron chi connectivity index (χ1n) is 8.26. The average molecular weight is 339 g/mol. The Morgan fingerprint density at radius 3 is 2.80 bits per heavy atom. The highest BCUT2D eigenvalue weighted by Gasteiger charge is 2.26. The number of benzene rings is 2. The molecule has 1 aliphatic rings. The van der Waals surface area contributed by atoms with Crippen LogP contribution >= 0.6 is 0 Å². The molecule has 6 heteroatoms. The minimum Gasteiger partial charge on any atom is -0.478 e. The molecule has 0 radical (unpaired) electrons. The maximum atomic E-state index is 12.4. The number of amides is 2. The number of fused-ring (bicyclic) bond motifs is 1. The van der Waals surface area contributed by atoms with Gasteiger partial charge in [-0.15, -0.1) is 0 Å². The molecule has 2 amide bonds. The molecule has 0 spiro atoms. The van der Waals surface area contributed by atoms with Gasteiger partial charge in [0.2, 0.25) is 0 Å². The molecule has 1 aliphatic heterocycles. The largest absolute Gasteiger partial charge is 0.478 e. The molecule has 130 valence electrons. The standard InChI is InChI=1S/C19H21N3O3/c1-3-16-19(24)22-15-9-8-12(10-17(15)25-16)11(2)21-18(23)13-6-4-5-7-14(13)20/h4-11,16H,3,20H2,1-2H3,(H,21,23)(H,22,24). The van der Waals surface area contributed by atoms with Crippen LogP contribution in [0.15, 0.2) is 42.5 Å². The Balaban J connectivity index is 1.77. The average Bonchev–Trinajstić information content (AvgIpc) is 2.60. The van der Waals surface area contributed by atoms with Crippen molar-refractivity contribution in [3.63, 3.8) is 0 Å². The fraction of sp³-hybridized carbons (Fsp3) is 0.263. The highest BCUT2D eigenvalue weighted by molar-refractivity contribution is 5.99. The van der Waals surface area contributed by atoms with Crippen LogP contribution in [0, 0.1) is 0 Å². The van der Waals surface area contributed by atoms with E-state index in [1.54, 1.807) is 30.3 Å². The van der Waals surface area contributed by atoms with Crippen molar-refractivity contribution in [3.05, 3.63) is 53.6 Å². The van der Waals surface area contributed by atoms with Gasteiger partial charge in [-0.1, -0.05) is 25.1 Å². The molecule has 2 aromatic carbocycles. The molecule has 2 aromatic rings. The zero-order valence-corrected chi connectivity index (χ0v) is 14.2. The van der Waals surface area contributed by atoms with E-state index in [9.17, 15) is 9.59 Å². The van der Waals surface area contributed by atoms with Crippen molar-refractivity contribution in [1.82, 2.24) is 5.32 Å². The Morgan fingerprint density at radius 1 is 1.32 bits per heavy atom. The van der Waals surface area contributed by atoms with Crippen molar-refractivity contribution in [1.29, 1.82) is 0 Å². The second kappa shape index (κ2) is 6.84. The first-order chi connectivity index (χ1) is 12.0. The van der Waals surface area contributed by atoms with Crippen LogP contribution in [0.4, 0.5) is 11.4 Å². The first kappa shape index (κ1) is 16.8. The van der Waals surface area contributed by atoms with Crippen molar-refractivity contribution in [2.24, 2.45) is 0 Å². The summed E-state index contributed by atoms with van der Waals surface area (Å²) in [7, 11) is 0. The normalized spacial score (nSPS) is 17.0. The summed E-state index contributed by atoms with van der Waals surface area (Å²) in [6.07, 6.45) is 0.103. The third-order valence-corrected chi connectivity index (χ3v) is 4.25. The smallest absolute Gasteiger partial charge is 0.265 e. The van der Waals surface area contributed by atoms with E-state index in [1.807, 2.05) is 26.0 Å². The van der Waals surface area contributed by atoms with Crippen LogP contribution in [0.3, 0.4) is 0 Å². The number of nitrogens with two attached hydrogens (primary N) is 1. The summed E-state index contributed by atoms with van der Waals surface area (Å²) in [6, 6.07) is 12.2. The molecule has 4 N–H and O–H groups in total. The third-order valence-electron chi connectivity index (χ3n) is 4.25. The number of hydrogen-bond donors (Lipinski definition) is 3. The second-order valence-corrected chi connectivity index (χ2v) is 6.04. The molecule has 0 saturated carbocycles. The number of rotatable bonds is 4. The van der Waals surface area contributed by atoms with E-state index in [0.29, 0.717) is 29.1 Å². The molecular weight excluding hydrogens is 318 g/mol. The molecule has 0 fully saturated rings. The molecule has 25 heavy (non-hydrogen) atoms. The molecule has 6 nitrogen and oxygen atoms in total. The van der Waals surface area contributed by atoms with Gasteiger partial charge in [0.25, 0.3) is 11.8 Å². The summed E-state index contributed by atoms with van der Waals surface area (Å²) < 4.78 is 5.75. The van der Waals surface area contributed by atoms with E-state index in [1.165, 1.54) is 0 Å². The molecule has 2 unspecified atom stereocenters. The summed E-state index contributed by atoms with van der Waals surface area (Å²) in [5.74, 6) is 0.247. The number of anilines is 2. The molecule has 0 aromatic heterocycles. The topological polar surface area (TPSA) is 93.4 Å². The molecule has 3 rings (SSSR count). The fourth-order valence-corrected chi connectivity index (χ4v) is 2.76. The van der Waals surface area contributed by atoms with E-state index in [0.717, 1.165) is 5.56 Å². The van der Waals surface area contributed by atoms with Gasteiger partial charge in [-0.25, -0.2) is 0 Å². The zero-order valence-electron chi connectivity index (χ0n) is 14.2. The SMILES string of the molecule is CCC1Oc2cc(C(C)NC(=O)c3ccccc3N)ccc2NC1=O. The Kier molecular flexibility index (Phi) is 4.61. The van der Waals surface area contributed by atoms with Gasteiger partial charge in [0.15, 0.2) is 6.10 Å². The molecule has 0 saturated heterocycles. The number of carbonyl (C=O) groups is 2. The maximum absolute atomic E-state index is 12.4. The van der Waals surface area contributed by atoms with Crippen molar-refractivity contribution in [3.8, 4) is 5.75 Å². The van der Waals surface area contributed by atoms with Gasteiger partial charge in [0.05, 0.1) is 17.3 Å². The predicted molar refractivity (Wildman–Crippen MR) is 96.5 cm³/mol. The number of nitrogen functional groups attached to an aromatic ring is 1. The first-order valence-corrected chi connectivity index (χ1v) is 8.26. The van der Waals surface area contributed by atoms with Gasteiger partial charge >= 0.3 is 0 Å². The lowest BCUT2D eigenvalue weighted by Gasteiger charge is -2.26. The molecular formula is C19H21N3O3. The van der Waals surface area contributed by atoms with Crippen molar-refractivity contribution >= 4 is 23.2 Å². The highest BCUT2D eigenvalue weighted by Crippen LogP contribution is 2.33. The van der Waals surface area contributed by atoms with E-state index in [2.05, 4.69) is 10.6 Å². The number of para-hydroxylation sites is 1. The van der Waals surface area contributed by atoms with Gasteiger partial charge in [-0.05, 0) is 43.2 Å². The summed E-state index contributed by atoms with van der Waals surface area (Å²) >= 11 is 0. The highest BCUT2D eigenvalue weighted by atomic mass is 16.5. The molecule has 2 atom stereocenters. The summed E-state index contributed by atoms with van der Waals surface area (Å²) in [4.78, 5) is 24.2. The van der Waals surface area contributed by atoms with Gasteiger partial charge in [-0.2, -0.15) is 0 Å². The lowest BCUT2D eigenvalue weighted by atomic mass is 10.0. The Morgan fingerprint density at radius 2 is 2.08 bits per heavy atom. The number of ether oxygens (including phenoxy) is 1. The van der Waals surface area contributed by atoms with E-state index in [4.69, 9.17) is 10.5 Å². The maximum Gasteiger partial charge on any atom is 0.265 e. The van der Waals surface area contributed by atoms with Crippen LogP contribution in [-0.4, -0.2) is 17.9 Å². The van der Waals surface area contributed by atoms with E-state index in [-0.39, 0.29) is 17.9 Å². The van der Waals surface area contributed by atoms with Crippen LogP contribution < -0.4 is 21.1 Å². The lowest BCUT2D eigenvalue weighted by Crippen LogP contribution is -2.36. The minimum absolute atomic E-state index is 0.136. The Hall–Kier alpha value is -3.02. The summed E-state index contributed by atoms with van der Waals surface area (Å²) in [5, 5.41) is 5.77. The summed E-state index contributed by atoms with van der Waals surface area (Å²) in [6.45, 7) is 3.78. The van der Waals surface area contributed by atoms with Crippen molar-refractivity contribution in [2.75, 3.05) is 11.1 Å². The van der Waals surface area contributed by atoms with Gasteiger partial charge < -0.3 is 21.1 Å². The molecule has 0 bridgehead atoms. The quantitative estimate of drug-likeness (QED) is 0.747. The second-order valence-electron chi connectivity index (χ2n) is 6.04. The van der Waals surface area contributed by atoms with Crippen molar-refractivity contribution in [2.45, 2.75) is 32.4 Å². The van der Waals surface area contributed by atoms with Crippen LogP contribution in [0.5, 0.6) is 5.75 Å². The van der Waals surface area contributed by atoms with Crippen LogP contribution in [-0.2, 0) is 4.79 Å². The molecule has 0 aliphatic carbocycles. The van der Waals surface area contributed by atoms with Gasteiger partial charge in [0, 0.05) is 5.69 Å². The number of nitrogens with one attached hydrogen (secondary N) is 2. The zero-order chi connectivity index (χ0) is 18.0. The van der Waals surface area contributed by atoms with Gasteiger partial charge in [-0.3, -0.25) is 9.59 Å². The van der Waals surface area contributed by atoms with E-state index >= 15 is 0 Å². The van der Waals surface area contributed by atoms with Crippen molar-refractivity contribution < 1.29 is 14.3 Å². The summed E-state index contributed by atoms with van der Waals surface area (Å²) in [5.41, 5.74) is 8.26. The third kappa shape index (κ3) is 3.42. The molecule has 1 heterocycles. The monoisotopic (exact) mass is 339 g/mol. The van der Waals surface area contributed by atoms with E-state index < -0.39 is 6.10 Å². The van der Waals surface area contributed by atoms with Gasteiger partial charge in [0.1, 0.15) is 5.75 Å². The lowest BCUT2D eigenvalue weighted by molar-refractivity contribution is -0.123. The minimum atomic E-state index is -0.489. The predicted octanol–water partition coefficient (Wildman–Crippen LogP) is 2.87. The van der Waals surface area contributed by atoms with Crippen LogP contribution in [0.25, 0.3) is 0 Å². The van der Waals surface area contributed by atoms with Crippen LogP contribution in [0.2, 0.25) is 0 Å². The number of carbonyl (C=O) groups excluding carboxylic acids is 2.